The first kappa shape index (κ1) is 35.2. The Morgan fingerprint density at radius 3 is 2.58 bits per heavy atom. The molecule has 1 rings (SSSR count). The van der Waals surface area contributed by atoms with Crippen LogP contribution in [-0.2, 0) is 75.0 Å². The van der Waals surface area contributed by atoms with Gasteiger partial charge in [0.25, 0.3) is 0 Å². The van der Waals surface area contributed by atoms with Crippen LogP contribution >= 0.6 is 19.6 Å². The van der Waals surface area contributed by atoms with Crippen LogP contribution < -0.4 is 16.0 Å². The van der Waals surface area contributed by atoms with Gasteiger partial charge in [0.05, 0.1) is 11.9 Å². The van der Waals surface area contributed by atoms with Crippen molar-refractivity contribution >= 4 is 49.5 Å². The molecule has 1 heterocycles. The molecule has 0 saturated carbocycles. The number of carbonyl (C=O) groups excluding carboxylic acids is 5. The minimum atomic E-state index is -4.14. The van der Waals surface area contributed by atoms with Gasteiger partial charge in [-0.05, 0) is 19.2 Å². The second-order valence-corrected chi connectivity index (χ2v) is 10.0. The van der Waals surface area contributed by atoms with E-state index in [1.54, 1.807) is 7.05 Å². The first-order valence-corrected chi connectivity index (χ1v) is 13.3. The minimum Gasteiger partial charge on any atom is -0.540 e. The molecule has 0 aromatic carbocycles. The number of phosphoric acid groups is 1. The molecule has 0 aromatic heterocycles. The van der Waals surface area contributed by atoms with Gasteiger partial charge in [-0.1, -0.05) is 6.04 Å². The van der Waals surface area contributed by atoms with Gasteiger partial charge < -0.3 is 30.4 Å². The average Bonchev–Trinajstić information content (AvgIpc) is 3.09. The maximum absolute atomic E-state index is 12.4. The number of hydrogen-bond acceptors (Lipinski definition) is 11. The number of nitrogens with one attached hydrogen (secondary N) is 3. The molecule has 203 valence electrons. The van der Waals surface area contributed by atoms with Crippen LogP contribution in [0, 0.1) is 0 Å². The van der Waals surface area contributed by atoms with Gasteiger partial charge in [0, 0.05) is 78.8 Å². The van der Waals surface area contributed by atoms with Crippen LogP contribution in [0.25, 0.3) is 0 Å². The van der Waals surface area contributed by atoms with E-state index in [0.29, 0.717) is 12.2 Å². The van der Waals surface area contributed by atoms with E-state index in [2.05, 4.69) is 25.0 Å². The SMILES string of the molecule is CNC([C-]=O)CSC1CC(=O)N(CCC(=O)NCCOCCCC(=O)NCOP(=O)(O)OC)C1=O.[Y]. The maximum atomic E-state index is 12.4. The molecule has 0 aromatic rings. The Hall–Kier alpha value is -0.766. The molecule has 0 bridgehead atoms. The largest absolute Gasteiger partial charge is 0.540 e. The predicted molar refractivity (Wildman–Crippen MR) is 125 cm³/mol. The second kappa shape index (κ2) is 19.3. The quantitative estimate of drug-likeness (QED) is 0.0435. The summed E-state index contributed by atoms with van der Waals surface area (Å²) in [6.07, 6.45) is 2.30. The Morgan fingerprint density at radius 2 is 1.94 bits per heavy atom. The Morgan fingerprint density at radius 1 is 1.25 bits per heavy atom. The number of rotatable bonds is 19. The number of amides is 4. The van der Waals surface area contributed by atoms with Crippen molar-refractivity contribution in [2.75, 3.05) is 52.9 Å². The van der Waals surface area contributed by atoms with Gasteiger partial charge in [-0.15, -0.1) is 11.8 Å². The summed E-state index contributed by atoms with van der Waals surface area (Å²) in [6.45, 7) is 0.198. The molecule has 1 saturated heterocycles. The van der Waals surface area contributed by atoms with Gasteiger partial charge in [0.15, 0.2) is 0 Å². The second-order valence-electron chi connectivity index (χ2n) is 7.21. The average molecular weight is 628 g/mol. The molecule has 36 heavy (non-hydrogen) atoms. The smallest absolute Gasteiger partial charge is 0.473 e. The van der Waals surface area contributed by atoms with E-state index in [4.69, 9.17) is 9.63 Å². The third kappa shape index (κ3) is 14.2. The summed E-state index contributed by atoms with van der Waals surface area (Å²) < 4.78 is 25.0. The molecule has 1 radical (unpaired) electrons. The van der Waals surface area contributed by atoms with E-state index >= 15 is 0 Å². The third-order valence-corrected chi connectivity index (χ3v) is 6.92. The molecule has 1 fully saturated rings. The van der Waals surface area contributed by atoms with Crippen LogP contribution in [0.4, 0.5) is 0 Å². The summed E-state index contributed by atoms with van der Waals surface area (Å²) in [7, 11) is -1.53. The van der Waals surface area contributed by atoms with Gasteiger partial charge in [-0.3, -0.25) is 33.1 Å². The molecule has 4 amide bonds. The van der Waals surface area contributed by atoms with Crippen LogP contribution in [0.15, 0.2) is 0 Å². The number of phosphoric ester groups is 1. The van der Waals surface area contributed by atoms with E-state index in [-0.39, 0.29) is 96.0 Å². The Bertz CT molecular complexity index is 793. The van der Waals surface area contributed by atoms with Crippen molar-refractivity contribution in [2.24, 2.45) is 0 Å². The minimum absolute atomic E-state index is 0. The van der Waals surface area contributed by atoms with E-state index in [0.717, 1.165) is 12.0 Å². The molecular weight excluding hydrogens is 596 g/mol. The van der Waals surface area contributed by atoms with Gasteiger partial charge in [-0.2, -0.15) is 0 Å². The molecule has 4 N–H and O–H groups in total. The summed E-state index contributed by atoms with van der Waals surface area (Å²) in [5.74, 6) is -1.13. The number of thioether (sulfide) groups is 1. The van der Waals surface area contributed by atoms with Crippen LogP contribution in [0.1, 0.15) is 25.7 Å². The molecule has 0 aliphatic carbocycles. The summed E-state index contributed by atoms with van der Waals surface area (Å²) in [6, 6.07) is -0.522. The van der Waals surface area contributed by atoms with Crippen molar-refractivity contribution < 1.29 is 79.9 Å². The fourth-order valence-electron chi connectivity index (χ4n) is 2.74. The zero-order chi connectivity index (χ0) is 26.3. The van der Waals surface area contributed by atoms with Crippen molar-refractivity contribution in [2.45, 2.75) is 37.0 Å². The Balaban J connectivity index is 0.0000122. The van der Waals surface area contributed by atoms with Crippen LogP contribution in [-0.4, -0.2) is 104 Å². The standard InChI is InChI=1S/C19H32N4O10PS.Y/c1-20-14(11-24)12-35-15-10-18(27)23(19(15)28)7-5-17(26)21-6-9-32-8-3-4-16(25)22-13-33-34(29,30)31-2;/h14-15,20H,3-10,12-13H2,1-2H3,(H,21,26)(H,22,25)(H,29,30);/q-1;. The zero-order valence-electron chi connectivity index (χ0n) is 20.2. The molecule has 1 aliphatic rings. The van der Waals surface area contributed by atoms with Gasteiger partial charge in [0.1, 0.15) is 6.73 Å². The summed E-state index contributed by atoms with van der Waals surface area (Å²) in [4.78, 5) is 68.8. The zero-order valence-corrected chi connectivity index (χ0v) is 24.8. The number of ether oxygens (including phenoxy) is 1. The van der Waals surface area contributed by atoms with Crippen molar-refractivity contribution in [1.82, 2.24) is 20.9 Å². The first-order chi connectivity index (χ1) is 16.6. The van der Waals surface area contributed by atoms with Crippen LogP contribution in [0.2, 0.25) is 0 Å². The molecule has 3 unspecified atom stereocenters. The molecular formula is C19H32N4O10PSY-. The summed E-state index contributed by atoms with van der Waals surface area (Å²) >= 11 is 1.21. The number of imide groups is 1. The third-order valence-electron chi connectivity index (χ3n) is 4.71. The number of likely N-dealkylation sites (N-methyl/N-ethyl adjacent to an activating group) is 1. The van der Waals surface area contributed by atoms with Crippen molar-refractivity contribution in [3.63, 3.8) is 0 Å². The fraction of sp³-hybridized carbons (Fsp3) is 0.737. The Kier molecular flexibility index (Phi) is 18.9. The number of likely N-dealkylation sites (tertiary alicyclic amines) is 1. The van der Waals surface area contributed by atoms with Crippen molar-refractivity contribution in [3.05, 3.63) is 0 Å². The number of hydrogen-bond donors (Lipinski definition) is 4. The molecule has 0 spiro atoms. The van der Waals surface area contributed by atoms with Crippen LogP contribution in [0.5, 0.6) is 0 Å². The fourth-order valence-corrected chi connectivity index (χ4v) is 4.27. The van der Waals surface area contributed by atoms with Gasteiger partial charge in [0.2, 0.25) is 23.6 Å². The number of carbonyl (C=O) groups is 4. The predicted octanol–water partition coefficient (Wildman–Crippen LogP) is -1.32. The Labute approximate surface area is 239 Å². The van der Waals surface area contributed by atoms with Crippen molar-refractivity contribution in [1.29, 1.82) is 0 Å². The van der Waals surface area contributed by atoms with Crippen molar-refractivity contribution in [3.8, 4) is 0 Å². The van der Waals surface area contributed by atoms with E-state index in [1.807, 2.05) is 6.29 Å². The maximum Gasteiger partial charge on any atom is 0.473 e. The molecule has 1 aliphatic heterocycles. The van der Waals surface area contributed by atoms with E-state index in [1.165, 1.54) is 11.8 Å². The van der Waals surface area contributed by atoms with Gasteiger partial charge in [-0.25, -0.2) is 10.9 Å². The monoisotopic (exact) mass is 628 g/mol. The molecule has 17 heteroatoms. The van der Waals surface area contributed by atoms with Gasteiger partial charge >= 0.3 is 7.82 Å². The summed E-state index contributed by atoms with van der Waals surface area (Å²) in [5.41, 5.74) is 0. The first-order valence-electron chi connectivity index (χ1n) is 10.8. The van der Waals surface area contributed by atoms with Crippen LogP contribution in [0.3, 0.4) is 0 Å². The number of nitrogens with zero attached hydrogens (tertiary/aromatic N) is 1. The molecule has 3 atom stereocenters. The van der Waals surface area contributed by atoms with E-state index in [9.17, 15) is 28.5 Å². The van der Waals surface area contributed by atoms with E-state index < -0.39 is 31.8 Å². The topological polar surface area (TPSA) is 190 Å². The normalized spacial score (nSPS) is 17.8. The molecule has 14 nitrogen and oxygen atoms in total. The summed E-state index contributed by atoms with van der Waals surface area (Å²) in [5, 5.41) is 7.10.